The standard InChI is InChI=1S/C16H21BO5/c1-15(2)16(3,4)22-17(21-15)13-9-11(20-10-5-6-10)7-8-12(13)14(18)19/h7-10H,5-6H2,1-4H3,(H,18,19). The second-order valence-corrected chi connectivity index (χ2v) is 6.96. The lowest BCUT2D eigenvalue weighted by Crippen LogP contribution is -2.41. The van der Waals surface area contributed by atoms with E-state index in [1.807, 2.05) is 27.7 Å². The van der Waals surface area contributed by atoms with Gasteiger partial charge in [-0.05, 0) is 58.7 Å². The maximum absolute atomic E-state index is 11.5. The van der Waals surface area contributed by atoms with Gasteiger partial charge in [0.2, 0.25) is 0 Å². The van der Waals surface area contributed by atoms with Crippen LogP contribution in [0.3, 0.4) is 0 Å². The molecule has 6 heteroatoms. The summed E-state index contributed by atoms with van der Waals surface area (Å²) in [4.78, 5) is 11.5. The van der Waals surface area contributed by atoms with Crippen LogP contribution in [0.2, 0.25) is 0 Å². The smallest absolute Gasteiger partial charge is 0.490 e. The Morgan fingerprint density at radius 1 is 1.23 bits per heavy atom. The Morgan fingerprint density at radius 2 is 1.82 bits per heavy atom. The first-order chi connectivity index (χ1) is 10.2. The summed E-state index contributed by atoms with van der Waals surface area (Å²) in [5, 5.41) is 9.42. The molecule has 1 aromatic rings. The van der Waals surface area contributed by atoms with E-state index < -0.39 is 24.3 Å². The highest BCUT2D eigenvalue weighted by molar-refractivity contribution is 6.63. The van der Waals surface area contributed by atoms with Crippen LogP contribution >= 0.6 is 0 Å². The summed E-state index contributed by atoms with van der Waals surface area (Å²) in [6.45, 7) is 7.77. The Kier molecular flexibility index (Phi) is 3.49. The van der Waals surface area contributed by atoms with Crippen molar-refractivity contribution < 1.29 is 23.9 Å². The lowest BCUT2D eigenvalue weighted by Gasteiger charge is -2.32. The predicted octanol–water partition coefficient (Wildman–Crippen LogP) is 2.23. The average Bonchev–Trinajstić information content (AvgIpc) is 3.17. The van der Waals surface area contributed by atoms with Gasteiger partial charge in [0, 0.05) is 5.46 Å². The fraction of sp³-hybridized carbons (Fsp3) is 0.562. The van der Waals surface area contributed by atoms with E-state index in [-0.39, 0.29) is 11.7 Å². The average molecular weight is 304 g/mol. The van der Waals surface area contributed by atoms with E-state index in [0.29, 0.717) is 11.2 Å². The van der Waals surface area contributed by atoms with Crippen molar-refractivity contribution in [2.45, 2.75) is 57.8 Å². The van der Waals surface area contributed by atoms with Crippen LogP contribution in [-0.4, -0.2) is 35.5 Å². The van der Waals surface area contributed by atoms with Crippen LogP contribution in [0.1, 0.15) is 50.9 Å². The molecular formula is C16H21BO5. The van der Waals surface area contributed by atoms with Crippen molar-refractivity contribution in [3.63, 3.8) is 0 Å². The highest BCUT2D eigenvalue weighted by Crippen LogP contribution is 2.37. The van der Waals surface area contributed by atoms with Crippen molar-refractivity contribution in [2.75, 3.05) is 0 Å². The molecule has 118 valence electrons. The third-order valence-corrected chi connectivity index (χ3v) is 4.59. The number of carboxylic acid groups (broad SMARTS) is 1. The molecule has 1 heterocycles. The summed E-state index contributed by atoms with van der Waals surface area (Å²) in [6.07, 6.45) is 2.35. The number of benzene rings is 1. The molecule has 1 saturated carbocycles. The fourth-order valence-electron chi connectivity index (χ4n) is 2.35. The highest BCUT2D eigenvalue weighted by atomic mass is 16.7. The molecule has 0 radical (unpaired) electrons. The van der Waals surface area contributed by atoms with Gasteiger partial charge in [0.25, 0.3) is 0 Å². The monoisotopic (exact) mass is 304 g/mol. The van der Waals surface area contributed by atoms with Crippen LogP contribution in [0.5, 0.6) is 5.75 Å². The molecule has 3 rings (SSSR count). The van der Waals surface area contributed by atoms with E-state index in [0.717, 1.165) is 12.8 Å². The number of aromatic carboxylic acids is 1. The first-order valence-electron chi connectivity index (χ1n) is 7.59. The molecule has 1 aromatic carbocycles. The van der Waals surface area contributed by atoms with Gasteiger partial charge in [-0.2, -0.15) is 0 Å². The summed E-state index contributed by atoms with van der Waals surface area (Å²) in [6, 6.07) is 4.97. The van der Waals surface area contributed by atoms with E-state index in [4.69, 9.17) is 14.0 Å². The number of hydrogen-bond acceptors (Lipinski definition) is 4. The summed E-state index contributed by atoms with van der Waals surface area (Å²) < 4.78 is 17.7. The Balaban J connectivity index is 1.95. The molecule has 22 heavy (non-hydrogen) atoms. The number of rotatable bonds is 4. The zero-order valence-corrected chi connectivity index (χ0v) is 13.4. The van der Waals surface area contributed by atoms with Gasteiger partial charge in [-0.25, -0.2) is 4.79 Å². The molecule has 1 saturated heterocycles. The summed E-state index contributed by atoms with van der Waals surface area (Å²) in [7, 11) is -0.709. The molecule has 0 amide bonds. The van der Waals surface area contributed by atoms with E-state index >= 15 is 0 Å². The second kappa shape index (κ2) is 5.00. The number of ether oxygens (including phenoxy) is 1. The molecule has 5 nitrogen and oxygen atoms in total. The minimum absolute atomic E-state index is 0.182. The van der Waals surface area contributed by atoms with Gasteiger partial charge in [-0.3, -0.25) is 0 Å². The zero-order chi connectivity index (χ0) is 16.1. The molecule has 1 aliphatic heterocycles. The summed E-state index contributed by atoms with van der Waals surface area (Å²) in [5.41, 5.74) is -0.340. The lowest BCUT2D eigenvalue weighted by atomic mass is 9.75. The Labute approximate surface area is 130 Å². The third-order valence-electron chi connectivity index (χ3n) is 4.59. The van der Waals surface area contributed by atoms with Crippen LogP contribution in [0.25, 0.3) is 0 Å². The number of carboxylic acids is 1. The van der Waals surface area contributed by atoms with Crippen molar-refractivity contribution in [3.05, 3.63) is 23.8 Å². The van der Waals surface area contributed by atoms with E-state index in [1.54, 1.807) is 18.2 Å². The van der Waals surface area contributed by atoms with Crippen molar-refractivity contribution in [1.82, 2.24) is 0 Å². The molecule has 1 N–H and O–H groups in total. The molecule has 2 fully saturated rings. The first-order valence-corrected chi connectivity index (χ1v) is 7.59. The van der Waals surface area contributed by atoms with Gasteiger partial charge in [0.1, 0.15) is 5.75 Å². The lowest BCUT2D eigenvalue weighted by molar-refractivity contribution is 0.00578. The number of carbonyl (C=O) groups is 1. The predicted molar refractivity (Wildman–Crippen MR) is 82.8 cm³/mol. The molecule has 0 bridgehead atoms. The van der Waals surface area contributed by atoms with Crippen LogP contribution in [0, 0.1) is 0 Å². The molecule has 0 unspecified atom stereocenters. The van der Waals surface area contributed by atoms with Crippen LogP contribution in [0.15, 0.2) is 18.2 Å². The fourth-order valence-corrected chi connectivity index (χ4v) is 2.35. The first kappa shape index (κ1) is 15.4. The van der Waals surface area contributed by atoms with E-state index in [9.17, 15) is 9.90 Å². The van der Waals surface area contributed by atoms with Crippen molar-refractivity contribution >= 4 is 18.6 Å². The summed E-state index contributed by atoms with van der Waals surface area (Å²) in [5.74, 6) is -0.333. The molecule has 0 spiro atoms. The minimum atomic E-state index is -0.998. The largest absolute Gasteiger partial charge is 0.495 e. The zero-order valence-electron chi connectivity index (χ0n) is 13.4. The Hall–Kier alpha value is -1.53. The van der Waals surface area contributed by atoms with Gasteiger partial charge in [-0.15, -0.1) is 0 Å². The van der Waals surface area contributed by atoms with E-state index in [1.165, 1.54) is 0 Å². The Bertz CT molecular complexity index is 591. The quantitative estimate of drug-likeness (QED) is 0.864. The maximum atomic E-state index is 11.5. The third kappa shape index (κ3) is 2.73. The minimum Gasteiger partial charge on any atom is -0.490 e. The van der Waals surface area contributed by atoms with Crippen LogP contribution in [0.4, 0.5) is 0 Å². The molecule has 2 aliphatic rings. The molecule has 0 atom stereocenters. The van der Waals surface area contributed by atoms with Gasteiger partial charge in [0.15, 0.2) is 0 Å². The van der Waals surface area contributed by atoms with Gasteiger partial charge < -0.3 is 19.2 Å². The van der Waals surface area contributed by atoms with Crippen molar-refractivity contribution in [2.24, 2.45) is 0 Å². The topological polar surface area (TPSA) is 65.0 Å². The maximum Gasteiger partial charge on any atom is 0.495 e. The van der Waals surface area contributed by atoms with Crippen molar-refractivity contribution in [3.8, 4) is 5.75 Å². The molecular weight excluding hydrogens is 283 g/mol. The van der Waals surface area contributed by atoms with Gasteiger partial charge in [-0.1, -0.05) is 0 Å². The molecule has 0 aromatic heterocycles. The highest BCUT2D eigenvalue weighted by Gasteiger charge is 2.52. The van der Waals surface area contributed by atoms with E-state index in [2.05, 4.69) is 0 Å². The van der Waals surface area contributed by atoms with Gasteiger partial charge in [0.05, 0.1) is 22.9 Å². The van der Waals surface area contributed by atoms with Gasteiger partial charge >= 0.3 is 13.1 Å². The number of hydrogen-bond donors (Lipinski definition) is 1. The van der Waals surface area contributed by atoms with Crippen LogP contribution in [-0.2, 0) is 9.31 Å². The Morgan fingerprint density at radius 3 is 2.32 bits per heavy atom. The molecule has 1 aliphatic carbocycles. The van der Waals surface area contributed by atoms with Crippen molar-refractivity contribution in [1.29, 1.82) is 0 Å². The second-order valence-electron chi connectivity index (χ2n) is 6.96. The SMILES string of the molecule is CC1(C)OB(c2cc(OC3CC3)ccc2C(=O)O)OC1(C)C. The van der Waals surface area contributed by atoms with Crippen LogP contribution < -0.4 is 10.2 Å². The summed E-state index contributed by atoms with van der Waals surface area (Å²) >= 11 is 0. The normalized spacial score (nSPS) is 22.6.